The SMILES string of the molecule is COc1ccccc1-c1nccnc1[C@@H]1CCCN(C(=O)CN2CCOCC2)C1. The second-order valence-electron chi connectivity index (χ2n) is 7.56. The van der Waals surface area contributed by atoms with Crippen molar-refractivity contribution in [2.24, 2.45) is 0 Å². The quantitative estimate of drug-likeness (QED) is 0.772. The molecule has 4 rings (SSSR count). The first-order valence-corrected chi connectivity index (χ1v) is 10.3. The van der Waals surface area contributed by atoms with Gasteiger partial charge in [-0.05, 0) is 25.0 Å². The predicted molar refractivity (Wildman–Crippen MR) is 110 cm³/mol. The third-order valence-electron chi connectivity index (χ3n) is 5.71. The lowest BCUT2D eigenvalue weighted by Crippen LogP contribution is -2.47. The zero-order valence-electron chi connectivity index (χ0n) is 16.9. The minimum Gasteiger partial charge on any atom is -0.496 e. The molecule has 1 amide bonds. The van der Waals surface area contributed by atoms with Crippen LogP contribution < -0.4 is 4.74 Å². The first-order chi connectivity index (χ1) is 14.3. The number of para-hydroxylation sites is 1. The molecule has 7 nitrogen and oxygen atoms in total. The summed E-state index contributed by atoms with van der Waals surface area (Å²) in [6.07, 6.45) is 5.43. The molecule has 0 radical (unpaired) electrons. The number of ether oxygens (including phenoxy) is 2. The average molecular weight is 396 g/mol. The Bertz CT molecular complexity index is 838. The van der Waals surface area contributed by atoms with Crippen LogP contribution in [0, 0.1) is 0 Å². The number of carbonyl (C=O) groups excluding carboxylic acids is 1. The van der Waals surface area contributed by atoms with E-state index in [4.69, 9.17) is 9.47 Å². The summed E-state index contributed by atoms with van der Waals surface area (Å²) < 4.78 is 10.9. The summed E-state index contributed by atoms with van der Waals surface area (Å²) >= 11 is 0. The molecule has 29 heavy (non-hydrogen) atoms. The van der Waals surface area contributed by atoms with Crippen LogP contribution in [0.1, 0.15) is 24.5 Å². The molecule has 0 bridgehead atoms. The average Bonchev–Trinajstić information content (AvgIpc) is 2.80. The second-order valence-corrected chi connectivity index (χ2v) is 7.56. The Hall–Kier alpha value is -2.51. The Morgan fingerprint density at radius 1 is 1.17 bits per heavy atom. The molecule has 2 fully saturated rings. The van der Waals surface area contributed by atoms with Crippen LogP contribution >= 0.6 is 0 Å². The fraction of sp³-hybridized carbons (Fsp3) is 0.500. The zero-order valence-corrected chi connectivity index (χ0v) is 16.9. The van der Waals surface area contributed by atoms with Crippen molar-refractivity contribution < 1.29 is 14.3 Å². The summed E-state index contributed by atoms with van der Waals surface area (Å²) in [4.78, 5) is 26.4. The topological polar surface area (TPSA) is 67.8 Å². The number of benzene rings is 1. The molecule has 7 heteroatoms. The first-order valence-electron chi connectivity index (χ1n) is 10.3. The van der Waals surface area contributed by atoms with Crippen LogP contribution in [0.5, 0.6) is 5.75 Å². The fourth-order valence-electron chi connectivity index (χ4n) is 4.17. The monoisotopic (exact) mass is 396 g/mol. The van der Waals surface area contributed by atoms with Crippen molar-refractivity contribution in [3.8, 4) is 17.0 Å². The Morgan fingerprint density at radius 3 is 2.79 bits per heavy atom. The van der Waals surface area contributed by atoms with Gasteiger partial charge in [0.25, 0.3) is 0 Å². The molecular formula is C22H28N4O3. The smallest absolute Gasteiger partial charge is 0.236 e. The summed E-state index contributed by atoms with van der Waals surface area (Å²) in [5.74, 6) is 1.15. The van der Waals surface area contributed by atoms with Crippen molar-refractivity contribution in [3.63, 3.8) is 0 Å². The lowest BCUT2D eigenvalue weighted by molar-refractivity contribution is -0.134. The Kier molecular flexibility index (Phi) is 6.36. The van der Waals surface area contributed by atoms with Gasteiger partial charge in [0.05, 0.1) is 38.3 Å². The first kappa shape index (κ1) is 19.8. The van der Waals surface area contributed by atoms with Crippen LogP contribution in [-0.2, 0) is 9.53 Å². The second kappa shape index (κ2) is 9.33. The van der Waals surface area contributed by atoms with Gasteiger partial charge in [0, 0.05) is 50.1 Å². The van der Waals surface area contributed by atoms with Crippen LogP contribution in [0.25, 0.3) is 11.3 Å². The highest BCUT2D eigenvalue weighted by atomic mass is 16.5. The molecule has 0 unspecified atom stereocenters. The number of hydrogen-bond donors (Lipinski definition) is 0. The standard InChI is InChI=1S/C22H28N4O3/c1-28-19-7-3-2-6-18(19)22-21(23-8-9-24-22)17-5-4-10-26(15-17)20(27)16-25-11-13-29-14-12-25/h2-3,6-9,17H,4-5,10-16H2,1H3/t17-/m1/s1. The largest absolute Gasteiger partial charge is 0.496 e. The van der Waals surface area contributed by atoms with Gasteiger partial charge < -0.3 is 14.4 Å². The highest BCUT2D eigenvalue weighted by Gasteiger charge is 2.29. The number of hydrogen-bond acceptors (Lipinski definition) is 6. The van der Waals surface area contributed by atoms with Crippen molar-refractivity contribution in [2.75, 3.05) is 53.0 Å². The molecule has 154 valence electrons. The lowest BCUT2D eigenvalue weighted by Gasteiger charge is -2.35. The molecule has 1 aromatic carbocycles. The Balaban J connectivity index is 1.52. The number of likely N-dealkylation sites (tertiary alicyclic amines) is 1. The number of amides is 1. The molecule has 1 aromatic heterocycles. The highest BCUT2D eigenvalue weighted by Crippen LogP contribution is 2.35. The van der Waals surface area contributed by atoms with Crippen LogP contribution in [-0.4, -0.2) is 78.7 Å². The van der Waals surface area contributed by atoms with Crippen LogP contribution in [0.2, 0.25) is 0 Å². The summed E-state index contributed by atoms with van der Waals surface area (Å²) in [5.41, 5.74) is 2.73. The highest BCUT2D eigenvalue weighted by molar-refractivity contribution is 5.78. The molecule has 2 aliphatic heterocycles. The molecular weight excluding hydrogens is 368 g/mol. The van der Waals surface area contributed by atoms with E-state index in [-0.39, 0.29) is 11.8 Å². The molecule has 1 atom stereocenters. The summed E-state index contributed by atoms with van der Waals surface area (Å²) in [7, 11) is 1.67. The molecule has 0 saturated carbocycles. The van der Waals surface area contributed by atoms with Gasteiger partial charge >= 0.3 is 0 Å². The maximum absolute atomic E-state index is 12.9. The van der Waals surface area contributed by atoms with Crippen LogP contribution in [0.15, 0.2) is 36.7 Å². The number of carbonyl (C=O) groups is 1. The van der Waals surface area contributed by atoms with Crippen molar-refractivity contribution in [1.29, 1.82) is 0 Å². The lowest BCUT2D eigenvalue weighted by atomic mass is 9.91. The molecule has 0 aliphatic carbocycles. The summed E-state index contributed by atoms with van der Waals surface area (Å²) in [6, 6.07) is 7.88. The molecule has 3 heterocycles. The zero-order chi connectivity index (χ0) is 20.1. The molecule has 2 saturated heterocycles. The van der Waals surface area contributed by atoms with Crippen LogP contribution in [0.3, 0.4) is 0 Å². The summed E-state index contributed by atoms with van der Waals surface area (Å²) in [6.45, 7) is 5.02. The molecule has 0 spiro atoms. The van der Waals surface area contributed by atoms with Crippen molar-refractivity contribution in [2.45, 2.75) is 18.8 Å². The van der Waals surface area contributed by atoms with Gasteiger partial charge in [-0.2, -0.15) is 0 Å². The van der Waals surface area contributed by atoms with E-state index in [9.17, 15) is 4.79 Å². The molecule has 0 N–H and O–H groups in total. The Morgan fingerprint density at radius 2 is 1.97 bits per heavy atom. The van der Waals surface area contributed by atoms with E-state index in [0.29, 0.717) is 26.3 Å². The van der Waals surface area contributed by atoms with E-state index in [0.717, 1.165) is 55.2 Å². The normalized spacial score (nSPS) is 20.4. The third-order valence-corrected chi connectivity index (χ3v) is 5.71. The van der Waals surface area contributed by atoms with Gasteiger partial charge in [-0.1, -0.05) is 12.1 Å². The molecule has 2 aliphatic rings. The van der Waals surface area contributed by atoms with E-state index in [1.807, 2.05) is 29.2 Å². The number of piperidine rings is 1. The maximum atomic E-state index is 12.9. The predicted octanol–water partition coefficient (Wildman–Crippen LogP) is 2.19. The molecule has 2 aromatic rings. The number of aromatic nitrogens is 2. The summed E-state index contributed by atoms with van der Waals surface area (Å²) in [5, 5.41) is 0. The number of rotatable bonds is 5. The Labute approximate surface area is 171 Å². The third kappa shape index (κ3) is 4.57. The van der Waals surface area contributed by atoms with Crippen molar-refractivity contribution in [1.82, 2.24) is 19.8 Å². The maximum Gasteiger partial charge on any atom is 0.236 e. The van der Waals surface area contributed by atoms with Gasteiger partial charge in [0.1, 0.15) is 5.75 Å². The van der Waals surface area contributed by atoms with Crippen LogP contribution in [0.4, 0.5) is 0 Å². The number of methoxy groups -OCH3 is 1. The van der Waals surface area contributed by atoms with Crippen molar-refractivity contribution >= 4 is 5.91 Å². The van der Waals surface area contributed by atoms with E-state index >= 15 is 0 Å². The van der Waals surface area contributed by atoms with Gasteiger partial charge in [-0.25, -0.2) is 0 Å². The van der Waals surface area contributed by atoms with Gasteiger partial charge in [-0.3, -0.25) is 19.7 Å². The minimum absolute atomic E-state index is 0.172. The van der Waals surface area contributed by atoms with Gasteiger partial charge in [-0.15, -0.1) is 0 Å². The fourth-order valence-corrected chi connectivity index (χ4v) is 4.17. The van der Waals surface area contributed by atoms with E-state index < -0.39 is 0 Å². The van der Waals surface area contributed by atoms with Crippen molar-refractivity contribution in [3.05, 3.63) is 42.4 Å². The van der Waals surface area contributed by atoms with Gasteiger partial charge in [0.15, 0.2) is 0 Å². The van der Waals surface area contributed by atoms with E-state index in [1.165, 1.54) is 0 Å². The van der Waals surface area contributed by atoms with E-state index in [1.54, 1.807) is 19.5 Å². The van der Waals surface area contributed by atoms with E-state index in [2.05, 4.69) is 14.9 Å². The van der Waals surface area contributed by atoms with Gasteiger partial charge in [0.2, 0.25) is 5.91 Å². The minimum atomic E-state index is 0.172. The number of morpholine rings is 1. The number of nitrogens with zero attached hydrogens (tertiary/aromatic N) is 4.